The van der Waals surface area contributed by atoms with Crippen molar-refractivity contribution in [2.75, 3.05) is 0 Å². The first-order valence-electron chi connectivity index (χ1n) is 4.86. The number of rotatable bonds is 2. The molecule has 76 valence electrons. The maximum Gasteiger partial charge on any atom is 0.123 e. The second-order valence-electron chi connectivity index (χ2n) is 3.91. The molecule has 1 aromatic rings. The van der Waals surface area contributed by atoms with E-state index in [0.29, 0.717) is 0 Å². The number of ether oxygens (including phenoxy) is 1. The Labute approximate surface area is 92.6 Å². The molecule has 0 fully saturated rings. The standard InChI is InChI=1S/C11H14BrNO/c1-7(13)4-10-6-8-5-9(12)2-3-11(8)14-10/h2-3,5,7,10H,4,6,13H2,1H3. The summed E-state index contributed by atoms with van der Waals surface area (Å²) < 4.78 is 6.88. The first-order valence-corrected chi connectivity index (χ1v) is 5.65. The summed E-state index contributed by atoms with van der Waals surface area (Å²) in [6, 6.07) is 6.35. The van der Waals surface area contributed by atoms with Crippen LogP contribution < -0.4 is 10.5 Å². The highest BCUT2D eigenvalue weighted by atomic mass is 79.9. The molecule has 2 nitrogen and oxygen atoms in total. The molecule has 0 radical (unpaired) electrons. The van der Waals surface area contributed by atoms with Crippen LogP contribution >= 0.6 is 15.9 Å². The molecular weight excluding hydrogens is 242 g/mol. The normalized spacial score (nSPS) is 21.5. The highest BCUT2D eigenvalue weighted by Crippen LogP contribution is 2.32. The largest absolute Gasteiger partial charge is 0.490 e. The van der Waals surface area contributed by atoms with Gasteiger partial charge in [0.05, 0.1) is 0 Å². The van der Waals surface area contributed by atoms with Crippen molar-refractivity contribution in [2.45, 2.75) is 31.9 Å². The van der Waals surface area contributed by atoms with Gasteiger partial charge in [-0.1, -0.05) is 15.9 Å². The van der Waals surface area contributed by atoms with Crippen LogP contribution in [-0.2, 0) is 6.42 Å². The second kappa shape index (κ2) is 3.91. The number of hydrogen-bond donors (Lipinski definition) is 1. The topological polar surface area (TPSA) is 35.2 Å². The van der Waals surface area contributed by atoms with Gasteiger partial charge in [0.1, 0.15) is 11.9 Å². The average Bonchev–Trinajstić information content (AvgIpc) is 2.44. The van der Waals surface area contributed by atoms with E-state index in [4.69, 9.17) is 10.5 Å². The van der Waals surface area contributed by atoms with Gasteiger partial charge in [-0.25, -0.2) is 0 Å². The lowest BCUT2D eigenvalue weighted by Crippen LogP contribution is -2.25. The molecule has 0 saturated carbocycles. The van der Waals surface area contributed by atoms with Crippen LogP contribution in [-0.4, -0.2) is 12.1 Å². The van der Waals surface area contributed by atoms with Crippen molar-refractivity contribution in [1.29, 1.82) is 0 Å². The fourth-order valence-corrected chi connectivity index (χ4v) is 2.24. The van der Waals surface area contributed by atoms with E-state index >= 15 is 0 Å². The van der Waals surface area contributed by atoms with E-state index in [9.17, 15) is 0 Å². The minimum atomic E-state index is 0.206. The lowest BCUT2D eigenvalue weighted by molar-refractivity contribution is 0.213. The lowest BCUT2D eigenvalue weighted by atomic mass is 10.1. The third-order valence-electron chi connectivity index (χ3n) is 2.40. The predicted molar refractivity (Wildman–Crippen MR) is 60.5 cm³/mol. The van der Waals surface area contributed by atoms with Gasteiger partial charge < -0.3 is 10.5 Å². The molecule has 2 rings (SSSR count). The van der Waals surface area contributed by atoms with Gasteiger partial charge in [-0.05, 0) is 37.1 Å². The van der Waals surface area contributed by atoms with E-state index in [-0.39, 0.29) is 12.1 Å². The summed E-state index contributed by atoms with van der Waals surface area (Å²) in [6.45, 7) is 2.02. The van der Waals surface area contributed by atoms with Crippen molar-refractivity contribution < 1.29 is 4.74 Å². The van der Waals surface area contributed by atoms with Gasteiger partial charge in [0.2, 0.25) is 0 Å². The van der Waals surface area contributed by atoms with E-state index in [1.165, 1.54) is 5.56 Å². The van der Waals surface area contributed by atoms with Gasteiger partial charge >= 0.3 is 0 Å². The van der Waals surface area contributed by atoms with E-state index < -0.39 is 0 Å². The van der Waals surface area contributed by atoms with Crippen LogP contribution in [0.3, 0.4) is 0 Å². The molecular formula is C11H14BrNO. The summed E-state index contributed by atoms with van der Waals surface area (Å²) in [5.41, 5.74) is 7.03. The van der Waals surface area contributed by atoms with Crippen LogP contribution in [0.15, 0.2) is 22.7 Å². The smallest absolute Gasteiger partial charge is 0.123 e. The van der Waals surface area contributed by atoms with Crippen molar-refractivity contribution in [1.82, 2.24) is 0 Å². The van der Waals surface area contributed by atoms with Crippen LogP contribution in [0.1, 0.15) is 18.9 Å². The zero-order valence-electron chi connectivity index (χ0n) is 8.16. The van der Waals surface area contributed by atoms with E-state index in [1.807, 2.05) is 19.1 Å². The molecule has 0 bridgehead atoms. The Balaban J connectivity index is 2.10. The fourth-order valence-electron chi connectivity index (χ4n) is 1.84. The summed E-state index contributed by atoms with van der Waals surface area (Å²) in [7, 11) is 0. The molecule has 2 N–H and O–H groups in total. The average molecular weight is 256 g/mol. The van der Waals surface area contributed by atoms with Crippen molar-refractivity contribution >= 4 is 15.9 Å². The lowest BCUT2D eigenvalue weighted by Gasteiger charge is -2.12. The van der Waals surface area contributed by atoms with E-state index in [1.54, 1.807) is 0 Å². The number of nitrogens with two attached hydrogens (primary N) is 1. The van der Waals surface area contributed by atoms with Crippen molar-refractivity contribution in [3.8, 4) is 5.75 Å². The maximum atomic E-state index is 5.77. The number of halogens is 1. The zero-order chi connectivity index (χ0) is 10.1. The highest BCUT2D eigenvalue weighted by Gasteiger charge is 2.23. The molecule has 0 aliphatic carbocycles. The minimum Gasteiger partial charge on any atom is -0.490 e. The Bertz CT molecular complexity index is 338. The fraction of sp³-hybridized carbons (Fsp3) is 0.455. The maximum absolute atomic E-state index is 5.77. The molecule has 0 spiro atoms. The summed E-state index contributed by atoms with van der Waals surface area (Å²) in [5, 5.41) is 0. The number of fused-ring (bicyclic) bond motifs is 1. The molecule has 1 aliphatic heterocycles. The van der Waals surface area contributed by atoms with Crippen LogP contribution in [0, 0.1) is 0 Å². The summed E-state index contributed by atoms with van der Waals surface area (Å²) >= 11 is 3.46. The quantitative estimate of drug-likeness (QED) is 0.882. The third-order valence-corrected chi connectivity index (χ3v) is 2.89. The van der Waals surface area contributed by atoms with Crippen LogP contribution in [0.4, 0.5) is 0 Å². The molecule has 3 heteroatoms. The molecule has 1 aliphatic rings. The Morgan fingerprint density at radius 3 is 3.14 bits per heavy atom. The Morgan fingerprint density at radius 1 is 1.64 bits per heavy atom. The molecule has 1 heterocycles. The zero-order valence-corrected chi connectivity index (χ0v) is 9.75. The molecule has 0 amide bonds. The van der Waals surface area contributed by atoms with E-state index in [2.05, 4.69) is 22.0 Å². The summed E-state index contributed by atoms with van der Waals surface area (Å²) in [6.07, 6.45) is 2.17. The first-order chi connectivity index (χ1) is 6.65. The first kappa shape index (κ1) is 9.99. The van der Waals surface area contributed by atoms with Gasteiger partial charge in [0.25, 0.3) is 0 Å². The summed E-state index contributed by atoms with van der Waals surface area (Å²) in [4.78, 5) is 0. The number of hydrogen-bond acceptors (Lipinski definition) is 2. The minimum absolute atomic E-state index is 0.206. The number of benzene rings is 1. The molecule has 0 aromatic heterocycles. The Hall–Kier alpha value is -0.540. The Morgan fingerprint density at radius 2 is 2.43 bits per heavy atom. The molecule has 1 aromatic carbocycles. The van der Waals surface area contributed by atoms with Crippen LogP contribution in [0.25, 0.3) is 0 Å². The molecule has 2 atom stereocenters. The molecule has 2 unspecified atom stereocenters. The molecule has 0 saturated heterocycles. The van der Waals surface area contributed by atoms with E-state index in [0.717, 1.165) is 23.1 Å². The van der Waals surface area contributed by atoms with Gasteiger partial charge in [0, 0.05) is 16.9 Å². The van der Waals surface area contributed by atoms with Gasteiger partial charge in [-0.3, -0.25) is 0 Å². The Kier molecular flexibility index (Phi) is 2.79. The summed E-state index contributed by atoms with van der Waals surface area (Å²) in [5.74, 6) is 1.01. The van der Waals surface area contributed by atoms with Crippen LogP contribution in [0.2, 0.25) is 0 Å². The second-order valence-corrected chi connectivity index (χ2v) is 4.82. The predicted octanol–water partition coefficient (Wildman–Crippen LogP) is 2.49. The third kappa shape index (κ3) is 2.10. The van der Waals surface area contributed by atoms with Crippen molar-refractivity contribution in [2.24, 2.45) is 5.73 Å². The van der Waals surface area contributed by atoms with Gasteiger partial charge in [0.15, 0.2) is 0 Å². The highest BCUT2D eigenvalue weighted by molar-refractivity contribution is 9.10. The SMILES string of the molecule is CC(N)CC1Cc2cc(Br)ccc2O1. The monoisotopic (exact) mass is 255 g/mol. The van der Waals surface area contributed by atoms with Gasteiger partial charge in [-0.2, -0.15) is 0 Å². The van der Waals surface area contributed by atoms with Crippen molar-refractivity contribution in [3.63, 3.8) is 0 Å². The van der Waals surface area contributed by atoms with Crippen LogP contribution in [0.5, 0.6) is 5.75 Å². The van der Waals surface area contributed by atoms with Gasteiger partial charge in [-0.15, -0.1) is 0 Å². The molecule has 14 heavy (non-hydrogen) atoms. The van der Waals surface area contributed by atoms with Crippen molar-refractivity contribution in [3.05, 3.63) is 28.2 Å².